The Morgan fingerprint density at radius 3 is 2.63 bits per heavy atom. The molecule has 3 nitrogen and oxygen atoms in total. The number of rotatable bonds is 4. The number of aryl methyl sites for hydroxylation is 1. The van der Waals surface area contributed by atoms with E-state index in [-0.39, 0.29) is 17.0 Å². The molecule has 0 aliphatic carbocycles. The van der Waals surface area contributed by atoms with Gasteiger partial charge in [0.05, 0.1) is 5.56 Å². The molecule has 0 fully saturated rings. The van der Waals surface area contributed by atoms with Crippen LogP contribution in [0.1, 0.15) is 21.6 Å². The highest BCUT2D eigenvalue weighted by Gasteiger charge is 2.20. The van der Waals surface area contributed by atoms with Gasteiger partial charge in [-0.05, 0) is 30.7 Å². The molecule has 0 atom stereocenters. The number of nitrogens with zero attached hydrogens (tertiary/aromatic N) is 1. The second kappa shape index (κ2) is 5.56. The van der Waals surface area contributed by atoms with E-state index >= 15 is 0 Å². The largest absolute Gasteiger partial charge is 0.434 e. The molecule has 0 spiro atoms. The molecule has 0 aliphatic rings. The maximum absolute atomic E-state index is 12.3. The van der Waals surface area contributed by atoms with Gasteiger partial charge in [-0.3, -0.25) is 9.78 Å². The first-order valence-corrected chi connectivity index (χ1v) is 5.59. The highest BCUT2D eigenvalue weighted by Crippen LogP contribution is 2.26. The second-order valence-electron chi connectivity index (χ2n) is 3.87. The number of benzene rings is 1. The third-order valence-electron chi connectivity index (χ3n) is 2.58. The Hall–Kier alpha value is -2.30. The lowest BCUT2D eigenvalue weighted by Gasteiger charge is -2.11. The molecule has 0 bridgehead atoms. The van der Waals surface area contributed by atoms with Crippen molar-refractivity contribution in [2.24, 2.45) is 0 Å². The molecular weight excluding hydrogens is 252 g/mol. The summed E-state index contributed by atoms with van der Waals surface area (Å²) < 4.78 is 29.1. The van der Waals surface area contributed by atoms with Gasteiger partial charge in [0.25, 0.3) is 0 Å². The van der Waals surface area contributed by atoms with Crippen molar-refractivity contribution in [2.45, 2.75) is 13.5 Å². The zero-order valence-electron chi connectivity index (χ0n) is 10.1. The summed E-state index contributed by atoms with van der Waals surface area (Å²) in [5.74, 6) is -0.569. The van der Waals surface area contributed by atoms with Crippen molar-refractivity contribution < 1.29 is 18.3 Å². The smallest absolute Gasteiger partial charge is 0.387 e. The van der Waals surface area contributed by atoms with Crippen molar-refractivity contribution in [2.75, 3.05) is 0 Å². The lowest BCUT2D eigenvalue weighted by Crippen LogP contribution is -2.11. The third-order valence-corrected chi connectivity index (χ3v) is 2.58. The first-order valence-electron chi connectivity index (χ1n) is 5.59. The third kappa shape index (κ3) is 2.93. The van der Waals surface area contributed by atoms with Gasteiger partial charge in [0.1, 0.15) is 11.4 Å². The number of ether oxygens (including phenoxy) is 1. The monoisotopic (exact) mass is 263 g/mol. The topological polar surface area (TPSA) is 39.2 Å². The summed E-state index contributed by atoms with van der Waals surface area (Å²) in [5, 5.41) is 0. The maximum Gasteiger partial charge on any atom is 0.387 e. The molecule has 0 saturated carbocycles. The standard InChI is InChI=1S/C14H11F2NO2/c1-9-5-4-7-11(19-14(15)16)12(9)13(18)10-6-2-3-8-17-10/h2-8,14H,1H3. The van der Waals surface area contributed by atoms with Crippen LogP contribution in [0.3, 0.4) is 0 Å². The van der Waals surface area contributed by atoms with Crippen LogP contribution < -0.4 is 4.74 Å². The molecule has 98 valence electrons. The van der Waals surface area contributed by atoms with Gasteiger partial charge in [-0.1, -0.05) is 18.2 Å². The van der Waals surface area contributed by atoms with E-state index in [1.807, 2.05) is 0 Å². The molecule has 0 radical (unpaired) electrons. The van der Waals surface area contributed by atoms with Crippen molar-refractivity contribution in [3.63, 3.8) is 0 Å². The van der Waals surface area contributed by atoms with Crippen LogP contribution in [0.5, 0.6) is 5.75 Å². The van der Waals surface area contributed by atoms with Crippen molar-refractivity contribution >= 4 is 5.78 Å². The first-order chi connectivity index (χ1) is 9.09. The molecule has 0 saturated heterocycles. The lowest BCUT2D eigenvalue weighted by atomic mass is 10.0. The Kier molecular flexibility index (Phi) is 3.85. The summed E-state index contributed by atoms with van der Waals surface area (Å²) in [6.45, 7) is -1.31. The highest BCUT2D eigenvalue weighted by atomic mass is 19.3. The first kappa shape index (κ1) is 13.1. The molecule has 0 N–H and O–H groups in total. The fourth-order valence-electron chi connectivity index (χ4n) is 1.75. The predicted molar refractivity (Wildman–Crippen MR) is 65.5 cm³/mol. The number of aromatic nitrogens is 1. The van der Waals surface area contributed by atoms with Crippen LogP contribution in [0.2, 0.25) is 0 Å². The van der Waals surface area contributed by atoms with E-state index in [1.54, 1.807) is 31.2 Å². The minimum Gasteiger partial charge on any atom is -0.434 e. The molecule has 1 heterocycles. The minimum absolute atomic E-state index is 0.113. The summed E-state index contributed by atoms with van der Waals surface area (Å²) >= 11 is 0. The van der Waals surface area contributed by atoms with Crippen LogP contribution >= 0.6 is 0 Å². The quantitative estimate of drug-likeness (QED) is 0.795. The van der Waals surface area contributed by atoms with Crippen molar-refractivity contribution in [1.82, 2.24) is 4.98 Å². The van der Waals surface area contributed by atoms with Crippen LogP contribution in [-0.4, -0.2) is 17.4 Å². The molecule has 1 aromatic carbocycles. The fourth-order valence-corrected chi connectivity index (χ4v) is 1.75. The van der Waals surface area contributed by atoms with Gasteiger partial charge in [-0.25, -0.2) is 0 Å². The van der Waals surface area contributed by atoms with E-state index in [0.29, 0.717) is 5.56 Å². The molecule has 1 aromatic heterocycles. The van der Waals surface area contributed by atoms with E-state index < -0.39 is 12.4 Å². The molecule has 2 rings (SSSR count). The van der Waals surface area contributed by atoms with Crippen LogP contribution in [0.25, 0.3) is 0 Å². The summed E-state index contributed by atoms with van der Waals surface area (Å²) in [6.07, 6.45) is 1.47. The van der Waals surface area contributed by atoms with Crippen LogP contribution in [0.15, 0.2) is 42.6 Å². The Labute approximate surface area is 108 Å². The Bertz CT molecular complexity index is 585. The Morgan fingerprint density at radius 1 is 1.21 bits per heavy atom. The number of hydrogen-bond donors (Lipinski definition) is 0. The van der Waals surface area contributed by atoms with Crippen molar-refractivity contribution in [1.29, 1.82) is 0 Å². The molecule has 0 amide bonds. The summed E-state index contributed by atoms with van der Waals surface area (Å²) in [5.41, 5.74) is 0.867. The molecule has 0 aliphatic heterocycles. The van der Waals surface area contributed by atoms with E-state index in [9.17, 15) is 13.6 Å². The number of carbonyl (C=O) groups is 1. The van der Waals surface area contributed by atoms with Crippen LogP contribution in [-0.2, 0) is 0 Å². The SMILES string of the molecule is Cc1cccc(OC(F)F)c1C(=O)c1ccccn1. The van der Waals surface area contributed by atoms with E-state index in [2.05, 4.69) is 9.72 Å². The number of carbonyl (C=O) groups excluding carboxylic acids is 1. The predicted octanol–water partition coefficient (Wildman–Crippen LogP) is 3.22. The summed E-state index contributed by atoms with van der Waals surface area (Å²) in [6, 6.07) is 9.42. The van der Waals surface area contributed by atoms with Gasteiger partial charge in [0, 0.05) is 6.20 Å². The molecule has 5 heteroatoms. The molecule has 0 unspecified atom stereocenters. The molecular formula is C14H11F2NO2. The zero-order valence-corrected chi connectivity index (χ0v) is 10.1. The van der Waals surface area contributed by atoms with Gasteiger partial charge in [0.15, 0.2) is 0 Å². The summed E-state index contributed by atoms with van der Waals surface area (Å²) in [7, 11) is 0. The molecule has 2 aromatic rings. The van der Waals surface area contributed by atoms with E-state index in [4.69, 9.17) is 0 Å². The number of alkyl halides is 2. The average molecular weight is 263 g/mol. The van der Waals surface area contributed by atoms with Gasteiger partial charge >= 0.3 is 6.61 Å². The van der Waals surface area contributed by atoms with E-state index in [1.165, 1.54) is 18.3 Å². The average Bonchev–Trinajstić information content (AvgIpc) is 2.38. The van der Waals surface area contributed by atoms with Crippen LogP contribution in [0.4, 0.5) is 8.78 Å². The van der Waals surface area contributed by atoms with Crippen LogP contribution in [0, 0.1) is 6.92 Å². The second-order valence-corrected chi connectivity index (χ2v) is 3.87. The van der Waals surface area contributed by atoms with Gasteiger partial charge in [-0.15, -0.1) is 0 Å². The maximum atomic E-state index is 12.3. The number of hydrogen-bond acceptors (Lipinski definition) is 3. The van der Waals surface area contributed by atoms with E-state index in [0.717, 1.165) is 0 Å². The molecule has 19 heavy (non-hydrogen) atoms. The van der Waals surface area contributed by atoms with Gasteiger partial charge < -0.3 is 4.74 Å². The van der Waals surface area contributed by atoms with Gasteiger partial charge in [-0.2, -0.15) is 8.78 Å². The number of halogens is 2. The highest BCUT2D eigenvalue weighted by molar-refractivity contribution is 6.10. The van der Waals surface area contributed by atoms with Crippen molar-refractivity contribution in [3.8, 4) is 5.75 Å². The van der Waals surface area contributed by atoms with Crippen molar-refractivity contribution in [3.05, 3.63) is 59.4 Å². The number of pyridine rings is 1. The zero-order chi connectivity index (χ0) is 13.8. The fraction of sp³-hybridized carbons (Fsp3) is 0.143. The Balaban J connectivity index is 2.46. The van der Waals surface area contributed by atoms with Gasteiger partial charge in [0.2, 0.25) is 5.78 Å². The summed E-state index contributed by atoms with van der Waals surface area (Å²) in [4.78, 5) is 16.2. The number of ketones is 1. The lowest BCUT2D eigenvalue weighted by molar-refractivity contribution is -0.0501. The minimum atomic E-state index is -2.97. The Morgan fingerprint density at radius 2 is 2.00 bits per heavy atom. The normalized spacial score (nSPS) is 10.5.